The van der Waals surface area contributed by atoms with Gasteiger partial charge >= 0.3 is 0 Å². The van der Waals surface area contributed by atoms with E-state index in [0.717, 1.165) is 29.8 Å². The summed E-state index contributed by atoms with van der Waals surface area (Å²) < 4.78 is 0. The smallest absolute Gasteiger partial charge is 0.0438 e. The topological polar surface area (TPSA) is 50.9 Å². The molecule has 0 radical (unpaired) electrons. The predicted octanol–water partition coefficient (Wildman–Crippen LogP) is 2.74. The van der Waals surface area contributed by atoms with Gasteiger partial charge in [-0.25, -0.2) is 0 Å². The Kier molecular flexibility index (Phi) is 5.33. The summed E-state index contributed by atoms with van der Waals surface area (Å²) in [5.74, 6) is 5.63. The molecule has 0 bridgehead atoms. The molecule has 19 heavy (non-hydrogen) atoms. The van der Waals surface area contributed by atoms with Crippen LogP contribution in [0, 0.1) is 0 Å². The van der Waals surface area contributed by atoms with Gasteiger partial charge in [0.05, 0.1) is 0 Å². The zero-order valence-corrected chi connectivity index (χ0v) is 11.5. The number of nitrogens with one attached hydrogen (secondary N) is 1. The minimum Gasteiger partial charge on any atom is -0.271 e. The number of halogens is 1. The fraction of sp³-hybridized carbons (Fsp3) is 0.267. The standard InChI is InChI=1S/C15H18ClN3/c16-15-4-2-1-3-13(15)11-14(19-17)6-5-12-7-9-18-10-8-12/h1-4,7-10,14,19H,5-6,11,17H2. The summed E-state index contributed by atoms with van der Waals surface area (Å²) in [4.78, 5) is 4.01. The molecule has 1 unspecified atom stereocenters. The van der Waals surface area contributed by atoms with E-state index in [-0.39, 0.29) is 6.04 Å². The third-order valence-corrected chi connectivity index (χ3v) is 3.56. The number of aryl methyl sites for hydroxylation is 1. The highest BCUT2D eigenvalue weighted by molar-refractivity contribution is 6.31. The van der Waals surface area contributed by atoms with Crippen LogP contribution >= 0.6 is 11.6 Å². The quantitative estimate of drug-likeness (QED) is 0.630. The third-order valence-electron chi connectivity index (χ3n) is 3.19. The molecule has 2 aromatic rings. The number of aromatic nitrogens is 1. The molecule has 1 heterocycles. The van der Waals surface area contributed by atoms with Gasteiger partial charge < -0.3 is 0 Å². The molecule has 2 rings (SSSR count). The summed E-state index contributed by atoms with van der Waals surface area (Å²) in [5, 5.41) is 0.798. The Morgan fingerprint density at radius 2 is 1.89 bits per heavy atom. The number of hydrazine groups is 1. The largest absolute Gasteiger partial charge is 0.271 e. The lowest BCUT2D eigenvalue weighted by molar-refractivity contribution is 0.491. The lowest BCUT2D eigenvalue weighted by Crippen LogP contribution is -2.37. The van der Waals surface area contributed by atoms with Crippen molar-refractivity contribution in [2.24, 2.45) is 5.84 Å². The molecule has 0 spiro atoms. The Morgan fingerprint density at radius 1 is 1.16 bits per heavy atom. The van der Waals surface area contributed by atoms with Crippen LogP contribution < -0.4 is 11.3 Å². The molecule has 0 saturated heterocycles. The molecule has 1 aromatic heterocycles. The zero-order valence-electron chi connectivity index (χ0n) is 10.7. The Morgan fingerprint density at radius 3 is 2.58 bits per heavy atom. The van der Waals surface area contributed by atoms with Gasteiger partial charge in [0.25, 0.3) is 0 Å². The minimum absolute atomic E-state index is 0.216. The summed E-state index contributed by atoms with van der Waals surface area (Å²) in [6.45, 7) is 0. The monoisotopic (exact) mass is 275 g/mol. The Hall–Kier alpha value is -1.42. The Labute approximate surface area is 118 Å². The summed E-state index contributed by atoms with van der Waals surface area (Å²) in [7, 11) is 0. The highest BCUT2D eigenvalue weighted by atomic mass is 35.5. The molecule has 0 aliphatic carbocycles. The number of hydrogen-bond acceptors (Lipinski definition) is 3. The highest BCUT2D eigenvalue weighted by Gasteiger charge is 2.10. The van der Waals surface area contributed by atoms with Crippen LogP contribution in [0.2, 0.25) is 5.02 Å². The maximum Gasteiger partial charge on any atom is 0.0438 e. The van der Waals surface area contributed by atoms with Gasteiger partial charge in [0.2, 0.25) is 0 Å². The van der Waals surface area contributed by atoms with Crippen molar-refractivity contribution in [2.75, 3.05) is 0 Å². The summed E-state index contributed by atoms with van der Waals surface area (Å²) in [6, 6.07) is 12.2. The van der Waals surface area contributed by atoms with Gasteiger partial charge in [0, 0.05) is 23.5 Å². The van der Waals surface area contributed by atoms with E-state index in [9.17, 15) is 0 Å². The van der Waals surface area contributed by atoms with Crippen LogP contribution in [0.4, 0.5) is 0 Å². The van der Waals surface area contributed by atoms with Crippen molar-refractivity contribution in [3.63, 3.8) is 0 Å². The van der Waals surface area contributed by atoms with Crippen LogP contribution in [-0.4, -0.2) is 11.0 Å². The fourth-order valence-corrected chi connectivity index (χ4v) is 2.28. The van der Waals surface area contributed by atoms with Gasteiger partial charge in [0.15, 0.2) is 0 Å². The van der Waals surface area contributed by atoms with Crippen LogP contribution in [0.3, 0.4) is 0 Å². The van der Waals surface area contributed by atoms with E-state index in [4.69, 9.17) is 17.4 Å². The number of nitrogens with zero attached hydrogens (tertiary/aromatic N) is 1. The van der Waals surface area contributed by atoms with E-state index < -0.39 is 0 Å². The van der Waals surface area contributed by atoms with E-state index in [0.29, 0.717) is 0 Å². The molecule has 3 N–H and O–H groups in total. The van der Waals surface area contributed by atoms with Crippen molar-refractivity contribution in [1.29, 1.82) is 0 Å². The van der Waals surface area contributed by atoms with Crippen LogP contribution in [-0.2, 0) is 12.8 Å². The SMILES string of the molecule is NNC(CCc1ccncc1)Cc1ccccc1Cl. The van der Waals surface area contributed by atoms with Crippen molar-refractivity contribution in [1.82, 2.24) is 10.4 Å². The minimum atomic E-state index is 0.216. The predicted molar refractivity (Wildman–Crippen MR) is 78.8 cm³/mol. The summed E-state index contributed by atoms with van der Waals surface area (Å²) in [5.41, 5.74) is 5.27. The van der Waals surface area contributed by atoms with Gasteiger partial charge in [-0.2, -0.15) is 0 Å². The van der Waals surface area contributed by atoms with Gasteiger partial charge in [-0.1, -0.05) is 29.8 Å². The molecule has 0 saturated carbocycles. The molecular weight excluding hydrogens is 258 g/mol. The number of hydrogen-bond donors (Lipinski definition) is 2. The Bertz CT molecular complexity index is 502. The molecule has 0 fully saturated rings. The van der Waals surface area contributed by atoms with E-state index in [1.54, 1.807) is 0 Å². The maximum absolute atomic E-state index is 6.17. The highest BCUT2D eigenvalue weighted by Crippen LogP contribution is 2.18. The van der Waals surface area contributed by atoms with E-state index >= 15 is 0 Å². The van der Waals surface area contributed by atoms with E-state index in [1.807, 2.05) is 48.8 Å². The second-order valence-electron chi connectivity index (χ2n) is 4.55. The lowest BCUT2D eigenvalue weighted by atomic mass is 10.00. The number of nitrogens with two attached hydrogens (primary N) is 1. The van der Waals surface area contributed by atoms with Crippen molar-refractivity contribution < 1.29 is 0 Å². The van der Waals surface area contributed by atoms with Crippen LogP contribution in [0.25, 0.3) is 0 Å². The second-order valence-corrected chi connectivity index (χ2v) is 4.96. The first-order valence-electron chi connectivity index (χ1n) is 6.38. The number of benzene rings is 1. The first-order valence-corrected chi connectivity index (χ1v) is 6.76. The molecular formula is C15H18ClN3. The van der Waals surface area contributed by atoms with Gasteiger partial charge in [-0.15, -0.1) is 0 Å². The average Bonchev–Trinajstić information content (AvgIpc) is 2.46. The molecule has 4 heteroatoms. The molecule has 0 aliphatic rings. The number of rotatable bonds is 6. The average molecular weight is 276 g/mol. The van der Waals surface area contributed by atoms with Crippen molar-refractivity contribution in [3.8, 4) is 0 Å². The van der Waals surface area contributed by atoms with Crippen molar-refractivity contribution >= 4 is 11.6 Å². The number of pyridine rings is 1. The van der Waals surface area contributed by atoms with Crippen LogP contribution in [0.15, 0.2) is 48.8 Å². The first-order chi connectivity index (χ1) is 9.29. The maximum atomic E-state index is 6.17. The van der Waals surface area contributed by atoms with Gasteiger partial charge in [-0.05, 0) is 48.6 Å². The lowest BCUT2D eigenvalue weighted by Gasteiger charge is -2.16. The summed E-state index contributed by atoms with van der Waals surface area (Å²) in [6.07, 6.45) is 6.40. The molecule has 0 aliphatic heterocycles. The molecule has 1 aromatic carbocycles. The van der Waals surface area contributed by atoms with E-state index in [2.05, 4.69) is 10.4 Å². The molecule has 100 valence electrons. The molecule has 0 amide bonds. The van der Waals surface area contributed by atoms with E-state index in [1.165, 1.54) is 5.56 Å². The van der Waals surface area contributed by atoms with Gasteiger partial charge in [0.1, 0.15) is 0 Å². The third kappa shape index (κ3) is 4.31. The molecule has 1 atom stereocenters. The van der Waals surface area contributed by atoms with Crippen LogP contribution in [0.5, 0.6) is 0 Å². The Balaban J connectivity index is 1.92. The molecule has 3 nitrogen and oxygen atoms in total. The van der Waals surface area contributed by atoms with Crippen molar-refractivity contribution in [2.45, 2.75) is 25.3 Å². The fourth-order valence-electron chi connectivity index (χ4n) is 2.06. The normalized spacial score (nSPS) is 12.3. The summed E-state index contributed by atoms with van der Waals surface area (Å²) >= 11 is 6.17. The van der Waals surface area contributed by atoms with Crippen LogP contribution in [0.1, 0.15) is 17.5 Å². The van der Waals surface area contributed by atoms with Crippen molar-refractivity contribution in [3.05, 3.63) is 64.9 Å². The first kappa shape index (κ1) is 14.0. The van der Waals surface area contributed by atoms with Gasteiger partial charge in [-0.3, -0.25) is 16.3 Å². The zero-order chi connectivity index (χ0) is 13.5. The second kappa shape index (κ2) is 7.24.